The zero-order valence-electron chi connectivity index (χ0n) is 11.7. The van der Waals surface area contributed by atoms with Gasteiger partial charge >= 0.3 is 0 Å². The smallest absolute Gasteiger partial charge is 0.269 e. The van der Waals surface area contributed by atoms with Crippen molar-refractivity contribution >= 4 is 5.69 Å². The maximum atomic E-state index is 10.8. The van der Waals surface area contributed by atoms with Crippen molar-refractivity contribution in [1.29, 1.82) is 0 Å². The highest BCUT2D eigenvalue weighted by atomic mass is 16.6. The van der Waals surface area contributed by atoms with Crippen molar-refractivity contribution in [3.05, 3.63) is 39.9 Å². The van der Waals surface area contributed by atoms with Crippen molar-refractivity contribution in [2.75, 3.05) is 6.61 Å². The summed E-state index contributed by atoms with van der Waals surface area (Å²) < 4.78 is 0. The van der Waals surface area contributed by atoms with Crippen LogP contribution in [0.3, 0.4) is 0 Å². The van der Waals surface area contributed by atoms with Crippen LogP contribution in [0.5, 0.6) is 0 Å². The number of nitro benzene ring substituents is 1. The average Bonchev–Trinajstić information content (AvgIpc) is 2.43. The summed E-state index contributed by atoms with van der Waals surface area (Å²) in [5, 5.41) is 23.4. The van der Waals surface area contributed by atoms with Crippen LogP contribution in [0.2, 0.25) is 0 Å². The highest BCUT2D eigenvalue weighted by Crippen LogP contribution is 2.22. The molecule has 1 rings (SSSR count). The van der Waals surface area contributed by atoms with Crippen LogP contribution in [-0.2, 0) is 0 Å². The van der Waals surface area contributed by atoms with Crippen molar-refractivity contribution < 1.29 is 10.0 Å². The quantitative estimate of drug-likeness (QED) is 0.587. The van der Waals surface area contributed by atoms with Crippen molar-refractivity contribution in [2.45, 2.75) is 39.3 Å². The van der Waals surface area contributed by atoms with E-state index in [4.69, 9.17) is 5.11 Å². The summed E-state index contributed by atoms with van der Waals surface area (Å²) >= 11 is 0. The summed E-state index contributed by atoms with van der Waals surface area (Å²) in [4.78, 5) is 10.4. The van der Waals surface area contributed by atoms with Gasteiger partial charge in [0.1, 0.15) is 0 Å². The molecule has 106 valence electrons. The molecule has 3 atom stereocenters. The zero-order valence-corrected chi connectivity index (χ0v) is 11.7. The number of aliphatic hydroxyl groups excluding tert-OH is 1. The van der Waals surface area contributed by atoms with Crippen molar-refractivity contribution in [3.8, 4) is 0 Å². The van der Waals surface area contributed by atoms with E-state index in [1.807, 2.05) is 26.8 Å². The van der Waals surface area contributed by atoms with Gasteiger partial charge in [0.05, 0.1) is 4.92 Å². The minimum atomic E-state index is -0.379. The Hall–Kier alpha value is -1.46. The Labute approximate surface area is 113 Å². The lowest BCUT2D eigenvalue weighted by atomic mass is 9.99. The Kier molecular flexibility index (Phi) is 5.92. The molecule has 0 heterocycles. The van der Waals surface area contributed by atoms with Gasteiger partial charge in [-0.2, -0.15) is 0 Å². The number of nitrogens with one attached hydrogen (secondary N) is 1. The molecule has 1 aromatic carbocycles. The first-order valence-corrected chi connectivity index (χ1v) is 6.60. The molecule has 0 aliphatic carbocycles. The largest absolute Gasteiger partial charge is 0.396 e. The van der Waals surface area contributed by atoms with Gasteiger partial charge in [-0.1, -0.05) is 26.0 Å². The van der Waals surface area contributed by atoms with E-state index in [0.29, 0.717) is 0 Å². The highest BCUT2D eigenvalue weighted by Gasteiger charge is 2.18. The lowest BCUT2D eigenvalue weighted by molar-refractivity contribution is -0.384. The molecule has 5 heteroatoms. The third-order valence-corrected chi connectivity index (χ3v) is 3.50. The predicted octanol–water partition coefficient (Wildman–Crippen LogP) is 2.65. The topological polar surface area (TPSA) is 75.4 Å². The number of hydrogen-bond donors (Lipinski definition) is 2. The fraction of sp³-hybridized carbons (Fsp3) is 0.571. The van der Waals surface area contributed by atoms with Crippen molar-refractivity contribution in [2.24, 2.45) is 5.92 Å². The van der Waals surface area contributed by atoms with E-state index in [-0.39, 0.29) is 35.2 Å². The second kappa shape index (κ2) is 7.21. The van der Waals surface area contributed by atoms with Gasteiger partial charge in [-0.25, -0.2) is 0 Å². The Balaban J connectivity index is 2.85. The van der Waals surface area contributed by atoms with Crippen molar-refractivity contribution in [3.63, 3.8) is 0 Å². The molecule has 0 saturated heterocycles. The maximum absolute atomic E-state index is 10.8. The van der Waals surface area contributed by atoms with Crippen LogP contribution in [0.4, 0.5) is 5.69 Å². The molecule has 0 aliphatic heterocycles. The van der Waals surface area contributed by atoms with E-state index in [2.05, 4.69) is 5.32 Å². The molecule has 3 unspecified atom stereocenters. The van der Waals surface area contributed by atoms with Gasteiger partial charge in [0.25, 0.3) is 5.69 Å². The molecular formula is C14H22N2O3. The first-order chi connectivity index (χ1) is 8.99. The van der Waals surface area contributed by atoms with E-state index in [9.17, 15) is 10.1 Å². The van der Waals surface area contributed by atoms with E-state index in [0.717, 1.165) is 12.0 Å². The van der Waals surface area contributed by atoms with Crippen LogP contribution in [0, 0.1) is 16.0 Å². The molecule has 19 heavy (non-hydrogen) atoms. The van der Waals surface area contributed by atoms with Gasteiger partial charge in [0.2, 0.25) is 0 Å². The molecule has 0 amide bonds. The number of hydrogen-bond acceptors (Lipinski definition) is 4. The molecule has 0 fully saturated rings. The van der Waals surface area contributed by atoms with Gasteiger partial charge in [-0.05, 0) is 24.8 Å². The molecule has 5 nitrogen and oxygen atoms in total. The number of rotatable bonds is 7. The standard InChI is InChI=1S/C14H22N2O3/c1-4-14(15-11(3)10(2)9-17)12-6-5-7-13(8-12)16(18)19/h5-8,10-11,14-15,17H,4,9H2,1-3H3. The third-order valence-electron chi connectivity index (χ3n) is 3.50. The molecule has 0 saturated carbocycles. The van der Waals surface area contributed by atoms with Crippen LogP contribution >= 0.6 is 0 Å². The number of nitro groups is 1. The molecule has 0 aliphatic rings. The third kappa shape index (κ3) is 4.29. The molecule has 1 aromatic rings. The fourth-order valence-corrected chi connectivity index (χ4v) is 1.94. The lowest BCUT2D eigenvalue weighted by Gasteiger charge is -2.26. The average molecular weight is 266 g/mol. The van der Waals surface area contributed by atoms with Gasteiger partial charge < -0.3 is 10.4 Å². The van der Waals surface area contributed by atoms with Gasteiger partial charge in [-0.3, -0.25) is 10.1 Å². The minimum Gasteiger partial charge on any atom is -0.396 e. The highest BCUT2D eigenvalue weighted by molar-refractivity contribution is 5.35. The second-order valence-electron chi connectivity index (χ2n) is 4.93. The van der Waals surface area contributed by atoms with Crippen LogP contribution in [0.1, 0.15) is 38.8 Å². The summed E-state index contributed by atoms with van der Waals surface area (Å²) in [5.74, 6) is 0.146. The Bertz CT molecular complexity index is 423. The first-order valence-electron chi connectivity index (χ1n) is 6.60. The van der Waals surface area contributed by atoms with E-state index >= 15 is 0 Å². The maximum Gasteiger partial charge on any atom is 0.269 e. The normalized spacial score (nSPS) is 15.8. The number of benzene rings is 1. The van der Waals surface area contributed by atoms with Crippen LogP contribution < -0.4 is 5.32 Å². The number of nitrogens with zero attached hydrogens (tertiary/aromatic N) is 1. The summed E-state index contributed by atoms with van der Waals surface area (Å²) in [6.45, 7) is 6.14. The van der Waals surface area contributed by atoms with Crippen LogP contribution in [0.25, 0.3) is 0 Å². The van der Waals surface area contributed by atoms with Gasteiger partial charge in [0.15, 0.2) is 0 Å². The Morgan fingerprint density at radius 1 is 1.42 bits per heavy atom. The molecule has 0 radical (unpaired) electrons. The Morgan fingerprint density at radius 2 is 2.11 bits per heavy atom. The molecule has 0 aromatic heterocycles. The minimum absolute atomic E-state index is 0.0592. The molecule has 0 spiro atoms. The number of aliphatic hydroxyl groups is 1. The molecule has 2 N–H and O–H groups in total. The fourth-order valence-electron chi connectivity index (χ4n) is 1.94. The van der Waals surface area contributed by atoms with Crippen LogP contribution in [0.15, 0.2) is 24.3 Å². The summed E-state index contributed by atoms with van der Waals surface area (Å²) in [5.41, 5.74) is 1.02. The second-order valence-corrected chi connectivity index (χ2v) is 4.93. The number of non-ortho nitro benzene ring substituents is 1. The predicted molar refractivity (Wildman–Crippen MR) is 75.0 cm³/mol. The summed E-state index contributed by atoms with van der Waals surface area (Å²) in [7, 11) is 0. The zero-order chi connectivity index (χ0) is 14.4. The van der Waals surface area contributed by atoms with E-state index in [1.54, 1.807) is 12.1 Å². The van der Waals surface area contributed by atoms with Crippen LogP contribution in [-0.4, -0.2) is 22.7 Å². The summed E-state index contributed by atoms with van der Waals surface area (Å²) in [6, 6.07) is 6.91. The molecule has 0 bridgehead atoms. The van der Waals surface area contributed by atoms with E-state index < -0.39 is 0 Å². The van der Waals surface area contributed by atoms with Gasteiger partial charge in [-0.15, -0.1) is 0 Å². The van der Waals surface area contributed by atoms with Gasteiger partial charge in [0, 0.05) is 30.8 Å². The lowest BCUT2D eigenvalue weighted by Crippen LogP contribution is -2.36. The van der Waals surface area contributed by atoms with E-state index in [1.165, 1.54) is 6.07 Å². The summed E-state index contributed by atoms with van der Waals surface area (Å²) in [6.07, 6.45) is 0.837. The monoisotopic (exact) mass is 266 g/mol. The molecular weight excluding hydrogens is 244 g/mol. The Morgan fingerprint density at radius 3 is 2.63 bits per heavy atom. The first kappa shape index (κ1) is 15.6. The SMILES string of the molecule is CCC(NC(C)C(C)CO)c1cccc([N+](=O)[O-])c1. The van der Waals surface area contributed by atoms with Crippen molar-refractivity contribution in [1.82, 2.24) is 5.32 Å².